The molecule has 52 valence electrons. The summed E-state index contributed by atoms with van der Waals surface area (Å²) in [5, 5.41) is 1.57. The molecular weight excluding hydrogens is 118 g/mol. The van der Waals surface area contributed by atoms with Crippen LogP contribution >= 0.6 is 0 Å². The predicted octanol–water partition coefficient (Wildman–Crippen LogP) is 0.211. The van der Waals surface area contributed by atoms with Gasteiger partial charge in [0.2, 0.25) is 0 Å². The molecule has 0 N–H and O–H groups in total. The molecule has 1 fully saturated rings. The zero-order valence-electron chi connectivity index (χ0n) is 5.76. The molecule has 1 saturated carbocycles. The molecule has 0 bridgehead atoms. The third-order valence-electron chi connectivity index (χ3n) is 1.35. The van der Waals surface area contributed by atoms with Crippen molar-refractivity contribution < 1.29 is 9.63 Å². The maximum absolute atomic E-state index is 10.6. The van der Waals surface area contributed by atoms with Crippen LogP contribution in [0, 0.1) is 0 Å². The second-order valence-electron chi connectivity index (χ2n) is 2.41. The predicted molar refractivity (Wildman–Crippen MR) is 32.8 cm³/mol. The topological polar surface area (TPSA) is 29.5 Å². The number of hydrogen-bond donors (Lipinski definition) is 0. The number of nitrogens with zero attached hydrogens (tertiary/aromatic N) is 1. The molecule has 0 aromatic carbocycles. The van der Waals surface area contributed by atoms with Gasteiger partial charge in [0, 0.05) is 20.5 Å². The lowest BCUT2D eigenvalue weighted by atomic mass is 9.95. The smallest absolute Gasteiger partial charge is 0.163 e. The quantitative estimate of drug-likeness (QED) is 0.499. The SMILES string of the molecule is CN(C)OC1CCC1=O. The molecule has 0 radical (unpaired) electrons. The summed E-state index contributed by atoms with van der Waals surface area (Å²) < 4.78 is 0. The molecule has 1 aliphatic rings. The van der Waals surface area contributed by atoms with Gasteiger partial charge >= 0.3 is 0 Å². The summed E-state index contributed by atoms with van der Waals surface area (Å²) in [6, 6.07) is 0. The average Bonchev–Trinajstić information content (AvgIpc) is 1.79. The van der Waals surface area contributed by atoms with Gasteiger partial charge in [-0.05, 0) is 6.42 Å². The lowest BCUT2D eigenvalue weighted by Gasteiger charge is -2.26. The number of ketones is 1. The largest absolute Gasteiger partial charge is 0.297 e. The van der Waals surface area contributed by atoms with E-state index in [1.807, 2.05) is 0 Å². The molecule has 1 aliphatic carbocycles. The van der Waals surface area contributed by atoms with E-state index in [0.29, 0.717) is 6.42 Å². The highest BCUT2D eigenvalue weighted by atomic mass is 16.7. The van der Waals surface area contributed by atoms with E-state index < -0.39 is 0 Å². The maximum atomic E-state index is 10.6. The summed E-state index contributed by atoms with van der Waals surface area (Å²) in [7, 11) is 3.57. The Labute approximate surface area is 54.5 Å². The lowest BCUT2D eigenvalue weighted by Crippen LogP contribution is -2.38. The van der Waals surface area contributed by atoms with Gasteiger partial charge < -0.3 is 0 Å². The van der Waals surface area contributed by atoms with Gasteiger partial charge in [-0.3, -0.25) is 9.63 Å². The molecule has 0 spiro atoms. The Morgan fingerprint density at radius 3 is 2.44 bits per heavy atom. The first-order valence-electron chi connectivity index (χ1n) is 3.07. The van der Waals surface area contributed by atoms with Gasteiger partial charge in [-0.15, -0.1) is 0 Å². The van der Waals surface area contributed by atoms with Crippen LogP contribution in [0.1, 0.15) is 12.8 Å². The lowest BCUT2D eigenvalue weighted by molar-refractivity contribution is -0.191. The van der Waals surface area contributed by atoms with Gasteiger partial charge in [-0.2, -0.15) is 5.06 Å². The maximum Gasteiger partial charge on any atom is 0.163 e. The van der Waals surface area contributed by atoms with Crippen LogP contribution in [-0.2, 0) is 9.63 Å². The van der Waals surface area contributed by atoms with Crippen LogP contribution in [0.3, 0.4) is 0 Å². The molecule has 1 rings (SSSR count). The fraction of sp³-hybridized carbons (Fsp3) is 0.833. The molecule has 9 heavy (non-hydrogen) atoms. The molecule has 0 aliphatic heterocycles. The Hall–Kier alpha value is -0.410. The second-order valence-corrected chi connectivity index (χ2v) is 2.41. The van der Waals surface area contributed by atoms with E-state index in [1.54, 1.807) is 19.2 Å². The van der Waals surface area contributed by atoms with Crippen molar-refractivity contribution in [3.8, 4) is 0 Å². The first-order valence-corrected chi connectivity index (χ1v) is 3.07. The van der Waals surface area contributed by atoms with E-state index in [9.17, 15) is 4.79 Å². The molecular formula is C6H11NO2. The van der Waals surface area contributed by atoms with E-state index >= 15 is 0 Å². The first kappa shape index (κ1) is 6.71. The minimum atomic E-state index is -0.139. The van der Waals surface area contributed by atoms with Gasteiger partial charge in [-0.25, -0.2) is 0 Å². The summed E-state index contributed by atoms with van der Waals surface area (Å²) in [5.41, 5.74) is 0. The molecule has 1 unspecified atom stereocenters. The van der Waals surface area contributed by atoms with Gasteiger partial charge in [0.15, 0.2) is 5.78 Å². The fourth-order valence-electron chi connectivity index (χ4n) is 0.746. The number of carbonyl (C=O) groups excluding carboxylic acids is 1. The number of Topliss-reactive ketones (excluding diaryl/α,β-unsaturated/α-hetero) is 1. The molecule has 0 heterocycles. The highest BCUT2D eigenvalue weighted by Crippen LogP contribution is 2.17. The molecule has 0 aromatic rings. The van der Waals surface area contributed by atoms with Crippen molar-refractivity contribution in [3.63, 3.8) is 0 Å². The van der Waals surface area contributed by atoms with Crippen molar-refractivity contribution in [1.82, 2.24) is 5.06 Å². The molecule has 0 amide bonds. The molecule has 1 atom stereocenters. The van der Waals surface area contributed by atoms with E-state index in [4.69, 9.17) is 4.84 Å². The molecule has 3 nitrogen and oxygen atoms in total. The molecule has 0 aromatic heterocycles. The van der Waals surface area contributed by atoms with Crippen LogP contribution in [0.2, 0.25) is 0 Å². The third-order valence-corrected chi connectivity index (χ3v) is 1.35. The van der Waals surface area contributed by atoms with Crippen molar-refractivity contribution in [1.29, 1.82) is 0 Å². The van der Waals surface area contributed by atoms with Crippen LogP contribution in [0.5, 0.6) is 0 Å². The van der Waals surface area contributed by atoms with Crippen LogP contribution in [0.25, 0.3) is 0 Å². The number of hydrogen-bond acceptors (Lipinski definition) is 3. The minimum Gasteiger partial charge on any atom is -0.297 e. The van der Waals surface area contributed by atoms with Gasteiger partial charge in [0.1, 0.15) is 6.10 Å². The van der Waals surface area contributed by atoms with E-state index in [0.717, 1.165) is 6.42 Å². The van der Waals surface area contributed by atoms with Crippen molar-refractivity contribution in [2.75, 3.05) is 14.1 Å². The Balaban J connectivity index is 2.21. The summed E-state index contributed by atoms with van der Waals surface area (Å²) in [6.45, 7) is 0. The summed E-state index contributed by atoms with van der Waals surface area (Å²) in [4.78, 5) is 15.7. The minimum absolute atomic E-state index is 0.139. The number of hydroxylamine groups is 2. The van der Waals surface area contributed by atoms with Crippen LogP contribution in [0.15, 0.2) is 0 Å². The molecule has 3 heteroatoms. The Bertz CT molecular complexity index is 122. The van der Waals surface area contributed by atoms with E-state index in [1.165, 1.54) is 0 Å². The highest BCUT2D eigenvalue weighted by molar-refractivity contribution is 5.88. The zero-order chi connectivity index (χ0) is 6.85. The zero-order valence-corrected chi connectivity index (χ0v) is 5.76. The van der Waals surface area contributed by atoms with E-state index in [-0.39, 0.29) is 11.9 Å². The number of carbonyl (C=O) groups is 1. The monoisotopic (exact) mass is 129 g/mol. The van der Waals surface area contributed by atoms with Crippen molar-refractivity contribution >= 4 is 5.78 Å². The van der Waals surface area contributed by atoms with Crippen LogP contribution in [-0.4, -0.2) is 31.0 Å². The second kappa shape index (κ2) is 2.45. The van der Waals surface area contributed by atoms with Gasteiger partial charge in [0.25, 0.3) is 0 Å². The summed E-state index contributed by atoms with van der Waals surface area (Å²) >= 11 is 0. The van der Waals surface area contributed by atoms with Crippen molar-refractivity contribution in [2.24, 2.45) is 0 Å². The standard InChI is InChI=1S/C6H11NO2/c1-7(2)9-6-4-3-5(6)8/h6H,3-4H2,1-2H3. The van der Waals surface area contributed by atoms with E-state index in [2.05, 4.69) is 0 Å². The van der Waals surface area contributed by atoms with Crippen molar-refractivity contribution in [2.45, 2.75) is 18.9 Å². The Morgan fingerprint density at radius 2 is 2.33 bits per heavy atom. The van der Waals surface area contributed by atoms with Crippen LogP contribution in [0.4, 0.5) is 0 Å². The average molecular weight is 129 g/mol. The molecule has 0 saturated heterocycles. The van der Waals surface area contributed by atoms with Crippen LogP contribution < -0.4 is 0 Å². The Morgan fingerprint density at radius 1 is 1.67 bits per heavy atom. The Kier molecular flexibility index (Phi) is 1.83. The third kappa shape index (κ3) is 1.50. The summed E-state index contributed by atoms with van der Waals surface area (Å²) in [6.07, 6.45) is 1.44. The normalized spacial score (nSPS) is 26.6. The number of rotatable bonds is 2. The first-order chi connectivity index (χ1) is 4.20. The van der Waals surface area contributed by atoms with Gasteiger partial charge in [-0.1, -0.05) is 0 Å². The highest BCUT2D eigenvalue weighted by Gasteiger charge is 2.29. The van der Waals surface area contributed by atoms with Crippen molar-refractivity contribution in [3.05, 3.63) is 0 Å². The van der Waals surface area contributed by atoms with Gasteiger partial charge in [0.05, 0.1) is 0 Å². The summed E-state index contributed by atoms with van der Waals surface area (Å²) in [5.74, 6) is 0.226. The fourth-order valence-corrected chi connectivity index (χ4v) is 0.746.